The number of aryl methyl sites for hydroxylation is 1. The third-order valence-corrected chi connectivity index (χ3v) is 5.82. The minimum absolute atomic E-state index is 0.0219. The molecular weight excluding hydrogens is 358 g/mol. The Hall–Kier alpha value is -1.02. The molecule has 0 unspecified atom stereocenters. The molecule has 156 valence electrons. The minimum atomic E-state index is -0.658. The lowest BCUT2D eigenvalue weighted by molar-refractivity contribution is -0.178. The van der Waals surface area contributed by atoms with Crippen LogP contribution in [0.5, 0.6) is 0 Å². The second-order valence-corrected chi connectivity index (χ2v) is 8.90. The Morgan fingerprint density at radius 3 is 2.07 bits per heavy atom. The fourth-order valence-corrected chi connectivity index (χ4v) is 4.78. The SMILES string of the molecule is CO[C@H]1[C@H](NCCCc2ccccc2)[C@H]2OC(C)(C)O[C@H]2[C@@H]2OC(C)(C)O[C@@H]21. The van der Waals surface area contributed by atoms with Gasteiger partial charge in [0, 0.05) is 7.11 Å². The summed E-state index contributed by atoms with van der Waals surface area (Å²) in [5.41, 5.74) is 1.35. The van der Waals surface area contributed by atoms with Crippen LogP contribution in [-0.2, 0) is 30.1 Å². The van der Waals surface area contributed by atoms with Gasteiger partial charge in [0.25, 0.3) is 0 Å². The smallest absolute Gasteiger partial charge is 0.164 e. The van der Waals surface area contributed by atoms with Gasteiger partial charge in [-0.2, -0.15) is 0 Å². The molecule has 2 heterocycles. The Balaban J connectivity index is 1.46. The van der Waals surface area contributed by atoms with Crippen LogP contribution in [0.25, 0.3) is 0 Å². The van der Waals surface area contributed by atoms with E-state index in [1.54, 1.807) is 7.11 Å². The summed E-state index contributed by atoms with van der Waals surface area (Å²) in [6, 6.07) is 10.5. The number of nitrogens with one attached hydrogen (secondary N) is 1. The highest BCUT2D eigenvalue weighted by atomic mass is 16.8. The van der Waals surface area contributed by atoms with Gasteiger partial charge in [-0.1, -0.05) is 30.3 Å². The number of fused-ring (bicyclic) bond motifs is 3. The van der Waals surface area contributed by atoms with Gasteiger partial charge in [0.05, 0.1) is 6.04 Å². The van der Waals surface area contributed by atoms with Gasteiger partial charge < -0.3 is 29.0 Å². The molecule has 3 fully saturated rings. The predicted octanol–water partition coefficient (Wildman–Crippen LogP) is 2.65. The van der Waals surface area contributed by atoms with Gasteiger partial charge in [-0.3, -0.25) is 0 Å². The second kappa shape index (κ2) is 7.67. The van der Waals surface area contributed by atoms with E-state index in [0.717, 1.165) is 19.4 Å². The Kier molecular flexibility index (Phi) is 5.55. The predicted molar refractivity (Wildman–Crippen MR) is 105 cm³/mol. The number of benzene rings is 1. The van der Waals surface area contributed by atoms with Crippen LogP contribution in [0.2, 0.25) is 0 Å². The summed E-state index contributed by atoms with van der Waals surface area (Å²) < 4.78 is 30.8. The largest absolute Gasteiger partial charge is 0.377 e. The number of rotatable bonds is 6. The van der Waals surface area contributed by atoms with Crippen molar-refractivity contribution < 1.29 is 23.7 Å². The molecule has 1 saturated carbocycles. The molecule has 6 nitrogen and oxygen atoms in total. The van der Waals surface area contributed by atoms with Crippen LogP contribution in [0.1, 0.15) is 39.7 Å². The van der Waals surface area contributed by atoms with Gasteiger partial charge >= 0.3 is 0 Å². The summed E-state index contributed by atoms with van der Waals surface area (Å²) in [5.74, 6) is -1.31. The van der Waals surface area contributed by atoms with Crippen molar-refractivity contribution in [2.75, 3.05) is 13.7 Å². The highest BCUT2D eigenvalue weighted by Crippen LogP contribution is 2.45. The third kappa shape index (κ3) is 3.99. The molecule has 2 saturated heterocycles. The third-order valence-electron chi connectivity index (χ3n) is 5.82. The van der Waals surface area contributed by atoms with E-state index in [0.29, 0.717) is 0 Å². The topological polar surface area (TPSA) is 58.2 Å². The van der Waals surface area contributed by atoms with E-state index >= 15 is 0 Å². The lowest BCUT2D eigenvalue weighted by Crippen LogP contribution is -2.66. The Labute approximate surface area is 167 Å². The summed E-state index contributed by atoms with van der Waals surface area (Å²) in [5, 5.41) is 3.68. The average Bonchev–Trinajstić information content (AvgIpc) is 3.14. The molecule has 1 aliphatic carbocycles. The molecule has 0 spiro atoms. The zero-order valence-corrected chi connectivity index (χ0v) is 17.5. The van der Waals surface area contributed by atoms with Gasteiger partial charge in [0.2, 0.25) is 0 Å². The maximum absolute atomic E-state index is 6.29. The van der Waals surface area contributed by atoms with Crippen molar-refractivity contribution in [3.05, 3.63) is 35.9 Å². The molecule has 0 bridgehead atoms. The normalized spacial score (nSPS) is 38.2. The second-order valence-electron chi connectivity index (χ2n) is 8.90. The van der Waals surface area contributed by atoms with Gasteiger partial charge in [0.1, 0.15) is 30.5 Å². The van der Waals surface area contributed by atoms with Crippen molar-refractivity contribution in [2.24, 2.45) is 0 Å². The number of hydrogen-bond donors (Lipinski definition) is 1. The molecule has 6 atom stereocenters. The standard InChI is InChI=1S/C22H33NO5/c1-21(2)25-17-15(23-13-9-12-14-10-7-6-8-11-14)16(24-5)18-20(19(17)27-21)28-22(3,4)26-18/h6-8,10-11,15-20,23H,9,12-13H2,1-5H3/t15-,16-,17+,18+,19+,20+/m0/s1. The van der Waals surface area contributed by atoms with Gasteiger partial charge in [0.15, 0.2) is 11.6 Å². The molecule has 0 aromatic heterocycles. The van der Waals surface area contributed by atoms with Gasteiger partial charge in [-0.25, -0.2) is 0 Å². The molecular formula is C22H33NO5. The van der Waals surface area contributed by atoms with E-state index in [2.05, 4.69) is 29.6 Å². The van der Waals surface area contributed by atoms with E-state index in [1.807, 2.05) is 33.8 Å². The van der Waals surface area contributed by atoms with Crippen LogP contribution in [0.3, 0.4) is 0 Å². The van der Waals surface area contributed by atoms with Crippen molar-refractivity contribution in [2.45, 2.75) is 88.7 Å². The summed E-state index contributed by atoms with van der Waals surface area (Å²) >= 11 is 0. The summed E-state index contributed by atoms with van der Waals surface area (Å²) in [4.78, 5) is 0. The maximum atomic E-state index is 6.29. The first-order valence-electron chi connectivity index (χ1n) is 10.3. The Morgan fingerprint density at radius 1 is 0.857 bits per heavy atom. The van der Waals surface area contributed by atoms with Gasteiger partial charge in [-0.15, -0.1) is 0 Å². The average molecular weight is 392 g/mol. The van der Waals surface area contributed by atoms with Crippen LogP contribution in [0.4, 0.5) is 0 Å². The monoisotopic (exact) mass is 391 g/mol. The lowest BCUT2D eigenvalue weighted by Gasteiger charge is -2.43. The fraction of sp³-hybridized carbons (Fsp3) is 0.727. The fourth-order valence-electron chi connectivity index (χ4n) is 4.78. The van der Waals surface area contributed by atoms with E-state index in [-0.39, 0.29) is 36.6 Å². The summed E-state index contributed by atoms with van der Waals surface area (Å²) in [6.07, 6.45) is 1.19. The molecule has 2 aliphatic heterocycles. The highest BCUT2D eigenvalue weighted by molar-refractivity contribution is 5.15. The van der Waals surface area contributed by atoms with Crippen molar-refractivity contribution >= 4 is 0 Å². The molecule has 3 aliphatic rings. The maximum Gasteiger partial charge on any atom is 0.164 e. The zero-order valence-electron chi connectivity index (χ0n) is 17.5. The van der Waals surface area contributed by atoms with Crippen molar-refractivity contribution in [1.82, 2.24) is 5.32 Å². The van der Waals surface area contributed by atoms with Gasteiger partial charge in [-0.05, 0) is 52.6 Å². The van der Waals surface area contributed by atoms with Crippen LogP contribution in [0.15, 0.2) is 30.3 Å². The summed E-state index contributed by atoms with van der Waals surface area (Å²) in [6.45, 7) is 8.66. The zero-order chi connectivity index (χ0) is 19.9. The Bertz CT molecular complexity index is 664. The number of methoxy groups -OCH3 is 1. The molecule has 0 amide bonds. The number of hydrogen-bond acceptors (Lipinski definition) is 6. The Morgan fingerprint density at radius 2 is 1.43 bits per heavy atom. The first-order chi connectivity index (χ1) is 13.3. The van der Waals surface area contributed by atoms with E-state index < -0.39 is 11.6 Å². The van der Waals surface area contributed by atoms with Crippen LogP contribution in [-0.4, -0.2) is 61.8 Å². The summed E-state index contributed by atoms with van der Waals surface area (Å²) in [7, 11) is 1.73. The van der Waals surface area contributed by atoms with Crippen LogP contribution in [0, 0.1) is 0 Å². The lowest BCUT2D eigenvalue weighted by atomic mass is 9.83. The quantitative estimate of drug-likeness (QED) is 0.753. The molecule has 1 aromatic carbocycles. The molecule has 4 rings (SSSR count). The molecule has 28 heavy (non-hydrogen) atoms. The van der Waals surface area contributed by atoms with Crippen molar-refractivity contribution in [3.8, 4) is 0 Å². The van der Waals surface area contributed by atoms with Crippen LogP contribution >= 0.6 is 0 Å². The molecule has 0 radical (unpaired) electrons. The first kappa shape index (κ1) is 20.3. The van der Waals surface area contributed by atoms with E-state index in [1.165, 1.54) is 5.56 Å². The van der Waals surface area contributed by atoms with Crippen molar-refractivity contribution in [3.63, 3.8) is 0 Å². The van der Waals surface area contributed by atoms with E-state index in [9.17, 15) is 0 Å². The number of ether oxygens (including phenoxy) is 5. The molecule has 6 heteroatoms. The highest BCUT2D eigenvalue weighted by Gasteiger charge is 2.63. The van der Waals surface area contributed by atoms with Crippen molar-refractivity contribution in [1.29, 1.82) is 0 Å². The van der Waals surface area contributed by atoms with Crippen LogP contribution < -0.4 is 5.32 Å². The van der Waals surface area contributed by atoms with E-state index in [4.69, 9.17) is 23.7 Å². The molecule has 1 aromatic rings. The minimum Gasteiger partial charge on any atom is -0.377 e. The molecule has 1 N–H and O–H groups in total. The first-order valence-corrected chi connectivity index (χ1v) is 10.3.